The van der Waals surface area contributed by atoms with Crippen LogP contribution in [0.4, 0.5) is 0 Å². The Morgan fingerprint density at radius 2 is 2.25 bits per heavy atom. The minimum atomic E-state index is 1.06. The van der Waals surface area contributed by atoms with Crippen molar-refractivity contribution in [2.45, 2.75) is 26.3 Å². The molecule has 0 saturated heterocycles. The molecule has 0 unspecified atom stereocenters. The molecule has 1 aromatic carbocycles. The summed E-state index contributed by atoms with van der Waals surface area (Å²) in [6.07, 6.45) is 2.36. The fourth-order valence-corrected chi connectivity index (χ4v) is 2.98. The van der Waals surface area contributed by atoms with E-state index in [2.05, 4.69) is 56.9 Å². The maximum atomic E-state index is 4.67. The zero-order valence-electron chi connectivity index (χ0n) is 9.20. The van der Waals surface area contributed by atoms with Gasteiger partial charge in [-0.05, 0) is 41.8 Å². The van der Waals surface area contributed by atoms with Gasteiger partial charge in [-0.2, -0.15) is 5.10 Å². The number of benzene rings is 1. The third-order valence-corrected chi connectivity index (χ3v) is 3.90. The lowest BCUT2D eigenvalue weighted by Gasteiger charge is -2.00. The van der Waals surface area contributed by atoms with E-state index in [1.807, 2.05) is 0 Å². The molecule has 0 aliphatic carbocycles. The number of hydrogen-bond donors (Lipinski definition) is 0. The average Bonchev–Trinajstić information content (AvgIpc) is 2.82. The third-order valence-electron chi connectivity index (χ3n) is 3.07. The van der Waals surface area contributed by atoms with Crippen LogP contribution in [0.2, 0.25) is 0 Å². The summed E-state index contributed by atoms with van der Waals surface area (Å²) < 4.78 is 3.30. The molecule has 16 heavy (non-hydrogen) atoms. The van der Waals surface area contributed by atoms with Crippen LogP contribution in [0.25, 0.3) is 11.3 Å². The van der Waals surface area contributed by atoms with Gasteiger partial charge in [-0.1, -0.05) is 23.8 Å². The Balaban J connectivity index is 2.14. The molecule has 2 heterocycles. The first-order valence-corrected chi connectivity index (χ1v) is 6.37. The Morgan fingerprint density at radius 1 is 1.38 bits per heavy atom. The molecule has 1 aromatic heterocycles. The first-order valence-electron chi connectivity index (χ1n) is 5.58. The van der Waals surface area contributed by atoms with Gasteiger partial charge in [0, 0.05) is 12.1 Å². The topological polar surface area (TPSA) is 17.8 Å². The van der Waals surface area contributed by atoms with E-state index in [1.54, 1.807) is 0 Å². The number of aryl methyl sites for hydroxylation is 2. The van der Waals surface area contributed by atoms with Gasteiger partial charge in [0.1, 0.15) is 5.69 Å². The van der Waals surface area contributed by atoms with Crippen molar-refractivity contribution in [1.82, 2.24) is 9.78 Å². The highest BCUT2D eigenvalue weighted by Gasteiger charge is 2.20. The van der Waals surface area contributed by atoms with Gasteiger partial charge in [0.05, 0.1) is 10.2 Å². The maximum absolute atomic E-state index is 4.67. The quantitative estimate of drug-likeness (QED) is 0.779. The second-order valence-corrected chi connectivity index (χ2v) is 5.10. The van der Waals surface area contributed by atoms with Crippen molar-refractivity contribution in [3.05, 3.63) is 40.0 Å². The first kappa shape index (κ1) is 10.1. The van der Waals surface area contributed by atoms with Gasteiger partial charge in [-0.15, -0.1) is 0 Å². The van der Waals surface area contributed by atoms with Crippen molar-refractivity contribution in [1.29, 1.82) is 0 Å². The monoisotopic (exact) mass is 276 g/mol. The SMILES string of the molecule is Cc1cccc(-c2nn3c(c2Br)CCC3)c1. The van der Waals surface area contributed by atoms with E-state index in [4.69, 9.17) is 0 Å². The molecular weight excluding hydrogens is 264 g/mol. The molecule has 0 atom stereocenters. The predicted molar refractivity (Wildman–Crippen MR) is 68.4 cm³/mol. The second kappa shape index (κ2) is 3.74. The third kappa shape index (κ3) is 1.50. The summed E-state index contributed by atoms with van der Waals surface area (Å²) in [6.45, 7) is 3.17. The van der Waals surface area contributed by atoms with Crippen LogP contribution in [0, 0.1) is 6.92 Å². The Morgan fingerprint density at radius 3 is 3.00 bits per heavy atom. The number of nitrogens with zero attached hydrogens (tertiary/aromatic N) is 2. The first-order chi connectivity index (χ1) is 7.75. The molecule has 1 aliphatic heterocycles. The van der Waals surface area contributed by atoms with E-state index >= 15 is 0 Å². The predicted octanol–water partition coefficient (Wildman–Crippen LogP) is 3.57. The number of fused-ring (bicyclic) bond motifs is 1. The van der Waals surface area contributed by atoms with E-state index in [0.29, 0.717) is 0 Å². The zero-order chi connectivity index (χ0) is 11.1. The summed E-state index contributed by atoms with van der Waals surface area (Å²) in [7, 11) is 0. The standard InChI is InChI=1S/C13H13BrN2/c1-9-4-2-5-10(8-9)13-12(14)11-6-3-7-16(11)15-13/h2,4-5,8H,3,6-7H2,1H3. The van der Waals surface area contributed by atoms with Crippen LogP contribution in [0.3, 0.4) is 0 Å². The number of hydrogen-bond acceptors (Lipinski definition) is 1. The molecule has 3 rings (SSSR count). The van der Waals surface area contributed by atoms with Crippen molar-refractivity contribution >= 4 is 15.9 Å². The number of aromatic nitrogens is 2. The van der Waals surface area contributed by atoms with Gasteiger partial charge in [-0.25, -0.2) is 0 Å². The van der Waals surface area contributed by atoms with Crippen molar-refractivity contribution < 1.29 is 0 Å². The molecule has 3 heteroatoms. The lowest BCUT2D eigenvalue weighted by Crippen LogP contribution is -1.94. The number of rotatable bonds is 1. The van der Waals surface area contributed by atoms with E-state index in [9.17, 15) is 0 Å². The van der Waals surface area contributed by atoms with Crippen LogP contribution in [0.5, 0.6) is 0 Å². The molecule has 2 nitrogen and oxygen atoms in total. The molecule has 0 N–H and O–H groups in total. The zero-order valence-corrected chi connectivity index (χ0v) is 10.8. The summed E-state index contributed by atoms with van der Waals surface area (Å²) in [4.78, 5) is 0. The average molecular weight is 277 g/mol. The minimum absolute atomic E-state index is 1.06. The maximum Gasteiger partial charge on any atom is 0.107 e. The normalized spacial score (nSPS) is 14.1. The van der Waals surface area contributed by atoms with Gasteiger partial charge in [0.2, 0.25) is 0 Å². The van der Waals surface area contributed by atoms with Gasteiger partial charge < -0.3 is 0 Å². The fraction of sp³-hybridized carbons (Fsp3) is 0.308. The van der Waals surface area contributed by atoms with Crippen molar-refractivity contribution in [3.63, 3.8) is 0 Å². The Labute approximate surface area is 103 Å². The Bertz CT molecular complexity index is 543. The molecule has 0 amide bonds. The molecule has 0 spiro atoms. The minimum Gasteiger partial charge on any atom is -0.268 e. The highest BCUT2D eigenvalue weighted by molar-refractivity contribution is 9.10. The summed E-state index contributed by atoms with van der Waals surface area (Å²) in [6, 6.07) is 8.50. The van der Waals surface area contributed by atoms with Crippen molar-refractivity contribution in [3.8, 4) is 11.3 Å². The van der Waals surface area contributed by atoms with E-state index in [0.717, 1.165) is 18.7 Å². The lowest BCUT2D eigenvalue weighted by atomic mass is 10.1. The summed E-state index contributed by atoms with van der Waals surface area (Å²) in [5, 5.41) is 4.67. The fourth-order valence-electron chi connectivity index (χ4n) is 2.27. The van der Waals surface area contributed by atoms with Crippen LogP contribution in [0.15, 0.2) is 28.7 Å². The van der Waals surface area contributed by atoms with Gasteiger partial charge in [-0.3, -0.25) is 4.68 Å². The van der Waals surface area contributed by atoms with E-state index in [-0.39, 0.29) is 0 Å². The van der Waals surface area contributed by atoms with Crippen LogP contribution in [-0.2, 0) is 13.0 Å². The van der Waals surface area contributed by atoms with Crippen molar-refractivity contribution in [2.24, 2.45) is 0 Å². The molecule has 1 aliphatic rings. The Hall–Kier alpha value is -1.09. The van der Waals surface area contributed by atoms with Gasteiger partial charge in [0.25, 0.3) is 0 Å². The van der Waals surface area contributed by atoms with Crippen LogP contribution in [0.1, 0.15) is 17.7 Å². The molecule has 0 saturated carbocycles. The van der Waals surface area contributed by atoms with E-state index < -0.39 is 0 Å². The molecule has 0 radical (unpaired) electrons. The molecule has 82 valence electrons. The van der Waals surface area contributed by atoms with Crippen LogP contribution < -0.4 is 0 Å². The van der Waals surface area contributed by atoms with Crippen LogP contribution in [-0.4, -0.2) is 9.78 Å². The highest BCUT2D eigenvalue weighted by Crippen LogP contribution is 2.33. The number of halogens is 1. The molecular formula is C13H13BrN2. The smallest absolute Gasteiger partial charge is 0.107 e. The Kier molecular flexibility index (Phi) is 2.36. The summed E-state index contributed by atoms with van der Waals surface area (Å²) in [5.41, 5.74) is 4.90. The summed E-state index contributed by atoms with van der Waals surface area (Å²) in [5.74, 6) is 0. The van der Waals surface area contributed by atoms with Crippen molar-refractivity contribution in [2.75, 3.05) is 0 Å². The van der Waals surface area contributed by atoms with Gasteiger partial charge in [0.15, 0.2) is 0 Å². The molecule has 2 aromatic rings. The van der Waals surface area contributed by atoms with E-state index in [1.165, 1.54) is 27.7 Å². The summed E-state index contributed by atoms with van der Waals surface area (Å²) >= 11 is 3.68. The molecule has 0 fully saturated rings. The largest absolute Gasteiger partial charge is 0.268 e. The van der Waals surface area contributed by atoms with Gasteiger partial charge >= 0.3 is 0 Å². The van der Waals surface area contributed by atoms with Crippen LogP contribution >= 0.6 is 15.9 Å². The highest BCUT2D eigenvalue weighted by atomic mass is 79.9. The molecule has 0 bridgehead atoms. The second-order valence-electron chi connectivity index (χ2n) is 4.31. The lowest BCUT2D eigenvalue weighted by molar-refractivity contribution is 0.659.